The van der Waals surface area contributed by atoms with E-state index in [2.05, 4.69) is 9.44 Å². The SMILES string of the molecule is CC(C)NS(=O)(=O)NCc1ccc(S(N)(=O)=O)s1. The van der Waals surface area contributed by atoms with Gasteiger partial charge in [-0.1, -0.05) is 0 Å². The van der Waals surface area contributed by atoms with Crippen LogP contribution in [-0.2, 0) is 26.8 Å². The van der Waals surface area contributed by atoms with Crippen molar-refractivity contribution in [2.75, 3.05) is 0 Å². The maximum atomic E-state index is 11.5. The minimum Gasteiger partial charge on any atom is -0.224 e. The van der Waals surface area contributed by atoms with Crippen molar-refractivity contribution in [2.45, 2.75) is 30.6 Å². The van der Waals surface area contributed by atoms with Crippen LogP contribution in [-0.4, -0.2) is 22.9 Å². The Kier molecular flexibility index (Phi) is 4.86. The van der Waals surface area contributed by atoms with Crippen molar-refractivity contribution in [1.82, 2.24) is 9.44 Å². The van der Waals surface area contributed by atoms with Crippen LogP contribution in [0.5, 0.6) is 0 Å². The number of sulfonamides is 1. The second kappa shape index (κ2) is 5.63. The van der Waals surface area contributed by atoms with E-state index in [-0.39, 0.29) is 16.8 Å². The summed E-state index contributed by atoms with van der Waals surface area (Å²) in [5.74, 6) is 0. The molecule has 0 fully saturated rings. The van der Waals surface area contributed by atoms with E-state index in [4.69, 9.17) is 5.14 Å². The van der Waals surface area contributed by atoms with Gasteiger partial charge in [0, 0.05) is 17.5 Å². The molecule has 0 aliphatic heterocycles. The molecular formula is C8H15N3O4S3. The molecular weight excluding hydrogens is 298 g/mol. The topological polar surface area (TPSA) is 118 Å². The molecule has 0 saturated carbocycles. The fourth-order valence-corrected chi connectivity index (χ4v) is 3.98. The van der Waals surface area contributed by atoms with Gasteiger partial charge in [-0.05, 0) is 26.0 Å². The molecule has 0 saturated heterocycles. The van der Waals surface area contributed by atoms with Gasteiger partial charge in [-0.15, -0.1) is 11.3 Å². The first-order valence-electron chi connectivity index (χ1n) is 4.98. The molecule has 0 unspecified atom stereocenters. The molecule has 0 aliphatic carbocycles. The molecule has 0 radical (unpaired) electrons. The highest BCUT2D eigenvalue weighted by Crippen LogP contribution is 2.20. The predicted octanol–water partition coefficient (Wildman–Crippen LogP) is -0.272. The van der Waals surface area contributed by atoms with Crippen molar-refractivity contribution >= 4 is 31.6 Å². The van der Waals surface area contributed by atoms with E-state index in [1.165, 1.54) is 12.1 Å². The van der Waals surface area contributed by atoms with Crippen molar-refractivity contribution in [1.29, 1.82) is 0 Å². The molecule has 1 heterocycles. The lowest BCUT2D eigenvalue weighted by atomic mass is 10.4. The number of thiophene rings is 1. The van der Waals surface area contributed by atoms with Crippen LogP contribution in [0.25, 0.3) is 0 Å². The monoisotopic (exact) mass is 313 g/mol. The van der Waals surface area contributed by atoms with E-state index in [9.17, 15) is 16.8 Å². The Morgan fingerprint density at radius 3 is 2.33 bits per heavy atom. The number of hydrogen-bond donors (Lipinski definition) is 3. The quantitative estimate of drug-likeness (QED) is 0.669. The molecule has 0 aliphatic rings. The van der Waals surface area contributed by atoms with E-state index in [0.29, 0.717) is 4.88 Å². The van der Waals surface area contributed by atoms with Crippen LogP contribution in [0.3, 0.4) is 0 Å². The molecule has 0 amide bonds. The van der Waals surface area contributed by atoms with Crippen molar-refractivity contribution < 1.29 is 16.8 Å². The molecule has 0 atom stereocenters. The lowest BCUT2D eigenvalue weighted by Crippen LogP contribution is -2.39. The molecule has 1 rings (SSSR count). The Morgan fingerprint density at radius 1 is 1.28 bits per heavy atom. The third kappa shape index (κ3) is 5.00. The maximum absolute atomic E-state index is 11.5. The number of nitrogens with two attached hydrogens (primary N) is 1. The maximum Gasteiger partial charge on any atom is 0.277 e. The minimum atomic E-state index is -3.73. The second-order valence-electron chi connectivity index (χ2n) is 3.86. The largest absolute Gasteiger partial charge is 0.277 e. The lowest BCUT2D eigenvalue weighted by Gasteiger charge is -2.09. The molecule has 7 nitrogen and oxygen atoms in total. The van der Waals surface area contributed by atoms with Gasteiger partial charge in [0.15, 0.2) is 0 Å². The normalized spacial score (nSPS) is 13.1. The van der Waals surface area contributed by atoms with Gasteiger partial charge in [0.25, 0.3) is 10.2 Å². The molecule has 18 heavy (non-hydrogen) atoms. The standard InChI is InChI=1S/C8H15N3O4S3/c1-6(2)11-18(14,15)10-5-7-3-4-8(16-7)17(9,12)13/h3-4,6,10-11H,5H2,1-2H3,(H2,9,12,13). The molecule has 0 aromatic carbocycles. The van der Waals surface area contributed by atoms with Crippen molar-refractivity contribution in [3.63, 3.8) is 0 Å². The summed E-state index contributed by atoms with van der Waals surface area (Å²) in [6.45, 7) is 3.41. The third-order valence-corrected chi connectivity index (χ3v) is 5.57. The van der Waals surface area contributed by atoms with E-state index in [0.717, 1.165) is 11.3 Å². The summed E-state index contributed by atoms with van der Waals surface area (Å²) in [7, 11) is -7.31. The van der Waals surface area contributed by atoms with Crippen LogP contribution in [0.1, 0.15) is 18.7 Å². The van der Waals surface area contributed by atoms with Crippen LogP contribution in [0.4, 0.5) is 0 Å². The van der Waals surface area contributed by atoms with Gasteiger partial charge < -0.3 is 0 Å². The highest BCUT2D eigenvalue weighted by Gasteiger charge is 2.14. The summed E-state index contributed by atoms with van der Waals surface area (Å²) in [6, 6.07) is 2.65. The number of primary sulfonamides is 1. The first kappa shape index (κ1) is 15.5. The van der Waals surface area contributed by atoms with Gasteiger partial charge >= 0.3 is 0 Å². The number of nitrogens with one attached hydrogen (secondary N) is 2. The van der Waals surface area contributed by atoms with Crippen LogP contribution in [0.15, 0.2) is 16.3 Å². The Bertz CT molecular complexity index is 603. The van der Waals surface area contributed by atoms with Crippen LogP contribution < -0.4 is 14.6 Å². The Hall–Kier alpha value is -0.520. The zero-order valence-corrected chi connectivity index (χ0v) is 12.3. The van der Waals surface area contributed by atoms with Gasteiger partial charge in [0.1, 0.15) is 4.21 Å². The van der Waals surface area contributed by atoms with Crippen LogP contribution >= 0.6 is 11.3 Å². The van der Waals surface area contributed by atoms with Crippen LogP contribution in [0, 0.1) is 0 Å². The van der Waals surface area contributed by atoms with Gasteiger partial charge in [-0.3, -0.25) is 0 Å². The fourth-order valence-electron chi connectivity index (χ4n) is 1.12. The highest BCUT2D eigenvalue weighted by atomic mass is 32.2. The Labute approximate surface area is 111 Å². The molecule has 1 aromatic rings. The van der Waals surface area contributed by atoms with Gasteiger partial charge in [-0.25, -0.2) is 13.6 Å². The summed E-state index contributed by atoms with van der Waals surface area (Å²) in [5.41, 5.74) is 0. The van der Waals surface area contributed by atoms with Gasteiger partial charge in [0.2, 0.25) is 10.0 Å². The van der Waals surface area contributed by atoms with Crippen LogP contribution in [0.2, 0.25) is 0 Å². The zero-order valence-electron chi connectivity index (χ0n) is 9.87. The van der Waals surface area contributed by atoms with Crippen molar-refractivity contribution in [2.24, 2.45) is 5.14 Å². The van der Waals surface area contributed by atoms with Gasteiger partial charge in [-0.2, -0.15) is 17.9 Å². The fraction of sp³-hybridized carbons (Fsp3) is 0.500. The average Bonchev–Trinajstić information content (AvgIpc) is 2.60. The molecule has 4 N–H and O–H groups in total. The lowest BCUT2D eigenvalue weighted by molar-refractivity contribution is 0.555. The smallest absolute Gasteiger partial charge is 0.224 e. The summed E-state index contributed by atoms with van der Waals surface area (Å²) >= 11 is 0.932. The molecule has 1 aromatic heterocycles. The number of hydrogen-bond acceptors (Lipinski definition) is 5. The minimum absolute atomic E-state index is 0.00789. The van der Waals surface area contributed by atoms with E-state index >= 15 is 0 Å². The summed E-state index contributed by atoms with van der Waals surface area (Å²) in [5, 5.41) is 4.95. The molecule has 104 valence electrons. The third-order valence-electron chi connectivity index (χ3n) is 1.74. The zero-order chi connectivity index (χ0) is 14.0. The Morgan fingerprint density at radius 2 is 1.89 bits per heavy atom. The first-order valence-corrected chi connectivity index (χ1v) is 8.83. The summed E-state index contributed by atoms with van der Waals surface area (Å²) < 4.78 is 49.6. The highest BCUT2D eigenvalue weighted by molar-refractivity contribution is 7.91. The van der Waals surface area contributed by atoms with E-state index < -0.39 is 20.2 Å². The summed E-state index contributed by atoms with van der Waals surface area (Å²) in [4.78, 5) is 0.563. The van der Waals surface area contributed by atoms with E-state index in [1.807, 2.05) is 0 Å². The molecule has 0 bridgehead atoms. The second-order valence-corrected chi connectivity index (χ2v) is 8.35. The van der Waals surface area contributed by atoms with Crippen molar-refractivity contribution in [3.05, 3.63) is 17.0 Å². The van der Waals surface area contributed by atoms with Gasteiger partial charge in [0.05, 0.1) is 0 Å². The molecule has 0 spiro atoms. The summed E-state index contributed by atoms with van der Waals surface area (Å²) in [6.07, 6.45) is 0. The first-order chi connectivity index (χ1) is 8.10. The predicted molar refractivity (Wildman–Crippen MR) is 69.7 cm³/mol. The number of rotatable bonds is 6. The van der Waals surface area contributed by atoms with E-state index in [1.54, 1.807) is 13.8 Å². The Balaban J connectivity index is 2.68. The molecule has 10 heteroatoms. The van der Waals surface area contributed by atoms with Crippen molar-refractivity contribution in [3.8, 4) is 0 Å². The average molecular weight is 313 g/mol.